The van der Waals surface area contributed by atoms with Gasteiger partial charge in [-0.2, -0.15) is 0 Å². The van der Waals surface area contributed by atoms with Crippen LogP contribution >= 0.6 is 15.9 Å². The third-order valence-electron chi connectivity index (χ3n) is 4.26. The van der Waals surface area contributed by atoms with Crippen LogP contribution in [0.3, 0.4) is 0 Å². The summed E-state index contributed by atoms with van der Waals surface area (Å²) in [5.41, 5.74) is 1.09. The molecule has 3 rings (SSSR count). The first kappa shape index (κ1) is 12.2. The van der Waals surface area contributed by atoms with E-state index in [1.165, 1.54) is 12.7 Å². The lowest BCUT2D eigenvalue weighted by molar-refractivity contribution is 0.0607. The van der Waals surface area contributed by atoms with Gasteiger partial charge in [0.25, 0.3) is 5.91 Å². The number of furan rings is 1. The van der Waals surface area contributed by atoms with Crippen LogP contribution in [0.2, 0.25) is 0 Å². The molecule has 18 heavy (non-hydrogen) atoms. The zero-order chi connectivity index (χ0) is 12.6. The molecule has 0 atom stereocenters. The van der Waals surface area contributed by atoms with Gasteiger partial charge in [0.2, 0.25) is 0 Å². The lowest BCUT2D eigenvalue weighted by Gasteiger charge is -2.38. The monoisotopic (exact) mass is 312 g/mol. The number of hydrogen-bond donors (Lipinski definition) is 1. The van der Waals surface area contributed by atoms with Gasteiger partial charge in [-0.25, -0.2) is 0 Å². The zero-order valence-corrected chi connectivity index (χ0v) is 11.8. The Morgan fingerprint density at radius 3 is 2.72 bits per heavy atom. The molecule has 0 aliphatic carbocycles. The highest BCUT2D eigenvalue weighted by molar-refractivity contribution is 9.10. The maximum Gasteiger partial charge on any atom is 0.257 e. The first-order chi connectivity index (χ1) is 8.69. The zero-order valence-electron chi connectivity index (χ0n) is 10.2. The SMILES string of the molecule is O=C(c1coc(Br)c1)N1CCC2(CCNC2)CC1. The first-order valence-corrected chi connectivity index (χ1v) is 7.22. The maximum atomic E-state index is 12.2. The lowest BCUT2D eigenvalue weighted by atomic mass is 9.78. The number of amides is 1. The van der Waals surface area contributed by atoms with E-state index in [0.29, 0.717) is 15.6 Å². The molecule has 1 aromatic heterocycles. The predicted molar refractivity (Wildman–Crippen MR) is 71.5 cm³/mol. The van der Waals surface area contributed by atoms with Gasteiger partial charge in [-0.3, -0.25) is 4.79 Å². The topological polar surface area (TPSA) is 45.5 Å². The molecule has 2 fully saturated rings. The highest BCUT2D eigenvalue weighted by Gasteiger charge is 2.38. The van der Waals surface area contributed by atoms with Gasteiger partial charge in [0, 0.05) is 25.7 Å². The molecule has 0 radical (unpaired) electrons. The Hall–Kier alpha value is -0.810. The van der Waals surface area contributed by atoms with Gasteiger partial charge in [0.1, 0.15) is 6.26 Å². The predicted octanol–water partition coefficient (Wildman–Crippen LogP) is 2.26. The minimum atomic E-state index is 0.0882. The number of likely N-dealkylation sites (tertiary alicyclic amines) is 1. The van der Waals surface area contributed by atoms with Crippen molar-refractivity contribution in [3.63, 3.8) is 0 Å². The average molecular weight is 313 g/mol. The van der Waals surface area contributed by atoms with Gasteiger partial charge in [-0.1, -0.05) is 0 Å². The third kappa shape index (κ3) is 2.21. The molecule has 1 N–H and O–H groups in total. The molecule has 0 unspecified atom stereocenters. The van der Waals surface area contributed by atoms with Gasteiger partial charge in [0.05, 0.1) is 5.56 Å². The maximum absolute atomic E-state index is 12.2. The third-order valence-corrected chi connectivity index (χ3v) is 4.67. The van der Waals surface area contributed by atoms with Crippen LogP contribution in [0.4, 0.5) is 0 Å². The summed E-state index contributed by atoms with van der Waals surface area (Å²) in [7, 11) is 0. The molecule has 0 bridgehead atoms. The summed E-state index contributed by atoms with van der Waals surface area (Å²) < 4.78 is 5.74. The molecule has 98 valence electrons. The van der Waals surface area contributed by atoms with Crippen LogP contribution in [0, 0.1) is 5.41 Å². The van der Waals surface area contributed by atoms with Crippen molar-refractivity contribution in [2.75, 3.05) is 26.2 Å². The van der Waals surface area contributed by atoms with Crippen molar-refractivity contribution < 1.29 is 9.21 Å². The van der Waals surface area contributed by atoms with Gasteiger partial charge in [-0.05, 0) is 47.2 Å². The van der Waals surface area contributed by atoms with Crippen molar-refractivity contribution >= 4 is 21.8 Å². The normalized spacial score (nSPS) is 22.6. The Kier molecular flexibility index (Phi) is 3.20. The lowest BCUT2D eigenvalue weighted by Crippen LogP contribution is -2.43. The van der Waals surface area contributed by atoms with Crippen molar-refractivity contribution in [1.82, 2.24) is 10.2 Å². The Morgan fingerprint density at radius 1 is 1.39 bits per heavy atom. The van der Waals surface area contributed by atoms with Crippen LogP contribution in [-0.2, 0) is 0 Å². The number of nitrogens with zero attached hydrogens (tertiary/aromatic N) is 1. The molecular formula is C13H17BrN2O2. The number of carbonyl (C=O) groups is 1. The van der Waals surface area contributed by atoms with Gasteiger partial charge < -0.3 is 14.6 Å². The quantitative estimate of drug-likeness (QED) is 0.865. The number of nitrogens with one attached hydrogen (secondary N) is 1. The fraction of sp³-hybridized carbons (Fsp3) is 0.615. The molecule has 0 saturated carbocycles. The van der Waals surface area contributed by atoms with Gasteiger partial charge in [0.15, 0.2) is 4.67 Å². The van der Waals surface area contributed by atoms with E-state index in [-0.39, 0.29) is 5.91 Å². The van der Waals surface area contributed by atoms with E-state index in [0.717, 1.165) is 39.0 Å². The first-order valence-electron chi connectivity index (χ1n) is 6.43. The van der Waals surface area contributed by atoms with Crippen molar-refractivity contribution in [1.29, 1.82) is 0 Å². The van der Waals surface area contributed by atoms with Crippen molar-refractivity contribution in [3.05, 3.63) is 22.6 Å². The molecular weight excluding hydrogens is 296 g/mol. The minimum Gasteiger partial charge on any atom is -0.457 e. The fourth-order valence-electron chi connectivity index (χ4n) is 3.01. The molecule has 1 aromatic rings. The molecule has 1 amide bonds. The second kappa shape index (κ2) is 4.70. The molecule has 5 heteroatoms. The Labute approximate surface area is 115 Å². The summed E-state index contributed by atoms with van der Waals surface area (Å²) in [5.74, 6) is 0.0882. The summed E-state index contributed by atoms with van der Waals surface area (Å²) in [6.45, 7) is 3.97. The summed E-state index contributed by atoms with van der Waals surface area (Å²) in [6, 6.07) is 1.74. The standard InChI is InChI=1S/C13H17BrN2O2/c14-11-7-10(8-18-11)12(17)16-5-2-13(3-6-16)1-4-15-9-13/h7-8,15H,1-6,9H2. The van der Waals surface area contributed by atoms with Crippen LogP contribution in [0.15, 0.2) is 21.4 Å². The fourth-order valence-corrected chi connectivity index (χ4v) is 3.35. The number of piperidine rings is 1. The highest BCUT2D eigenvalue weighted by atomic mass is 79.9. The molecule has 2 aliphatic rings. The Morgan fingerprint density at radius 2 is 2.17 bits per heavy atom. The van der Waals surface area contributed by atoms with Gasteiger partial charge >= 0.3 is 0 Å². The van der Waals surface area contributed by atoms with Gasteiger partial charge in [-0.15, -0.1) is 0 Å². The Balaban J connectivity index is 1.64. The minimum absolute atomic E-state index is 0.0882. The highest BCUT2D eigenvalue weighted by Crippen LogP contribution is 2.37. The summed E-state index contributed by atoms with van der Waals surface area (Å²) in [4.78, 5) is 14.2. The largest absolute Gasteiger partial charge is 0.457 e. The smallest absolute Gasteiger partial charge is 0.257 e. The molecule has 3 heterocycles. The van der Waals surface area contributed by atoms with Crippen LogP contribution in [0.5, 0.6) is 0 Å². The molecule has 4 nitrogen and oxygen atoms in total. The number of hydrogen-bond acceptors (Lipinski definition) is 3. The van der Waals surface area contributed by atoms with Crippen LogP contribution in [0.25, 0.3) is 0 Å². The van der Waals surface area contributed by atoms with E-state index in [1.54, 1.807) is 6.07 Å². The second-order valence-electron chi connectivity index (χ2n) is 5.36. The number of carbonyl (C=O) groups excluding carboxylic acids is 1. The summed E-state index contributed by atoms with van der Waals surface area (Å²) in [5, 5.41) is 3.44. The summed E-state index contributed by atoms with van der Waals surface area (Å²) in [6.07, 6.45) is 5.01. The molecule has 2 aliphatic heterocycles. The molecule has 0 aromatic carbocycles. The molecule has 1 spiro atoms. The van der Waals surface area contributed by atoms with E-state index in [1.807, 2.05) is 4.90 Å². The van der Waals surface area contributed by atoms with E-state index in [9.17, 15) is 4.79 Å². The van der Waals surface area contributed by atoms with Crippen molar-refractivity contribution in [3.8, 4) is 0 Å². The number of rotatable bonds is 1. The average Bonchev–Trinajstić information content (AvgIpc) is 3.00. The second-order valence-corrected chi connectivity index (χ2v) is 6.14. The molecule has 2 saturated heterocycles. The van der Waals surface area contributed by atoms with E-state index < -0.39 is 0 Å². The van der Waals surface area contributed by atoms with Crippen LogP contribution in [-0.4, -0.2) is 37.0 Å². The van der Waals surface area contributed by atoms with E-state index >= 15 is 0 Å². The van der Waals surface area contributed by atoms with Crippen molar-refractivity contribution in [2.45, 2.75) is 19.3 Å². The van der Waals surface area contributed by atoms with E-state index in [2.05, 4.69) is 21.2 Å². The van der Waals surface area contributed by atoms with E-state index in [4.69, 9.17) is 4.42 Å². The number of halogens is 1. The van der Waals surface area contributed by atoms with Crippen molar-refractivity contribution in [2.24, 2.45) is 5.41 Å². The Bertz CT molecular complexity index is 442. The van der Waals surface area contributed by atoms with Crippen LogP contribution in [0.1, 0.15) is 29.6 Å². The van der Waals surface area contributed by atoms with Crippen LogP contribution < -0.4 is 5.32 Å². The summed E-state index contributed by atoms with van der Waals surface area (Å²) >= 11 is 3.23.